The Labute approximate surface area is 142 Å². The van der Waals surface area contributed by atoms with Gasteiger partial charge in [0.05, 0.1) is 0 Å². The van der Waals surface area contributed by atoms with Crippen LogP contribution in [0.25, 0.3) is 0 Å². The van der Waals surface area contributed by atoms with Crippen LogP contribution in [0.2, 0.25) is 0 Å². The molecule has 114 valence electrons. The second-order valence-electron chi connectivity index (χ2n) is 5.15. The molecule has 0 atom stereocenters. The molecule has 0 saturated carbocycles. The van der Waals surface area contributed by atoms with Gasteiger partial charge in [0.25, 0.3) is 0 Å². The normalized spacial score (nSPS) is 11.0. The molecule has 23 heavy (non-hydrogen) atoms. The highest BCUT2D eigenvalue weighted by molar-refractivity contribution is 7.95. The van der Waals surface area contributed by atoms with Gasteiger partial charge >= 0.3 is 0 Å². The summed E-state index contributed by atoms with van der Waals surface area (Å²) < 4.78 is 0. The number of nitrogens with two attached hydrogens (primary N) is 1. The number of rotatable bonds is 4. The lowest BCUT2D eigenvalue weighted by atomic mass is 10.4. The highest BCUT2D eigenvalue weighted by Crippen LogP contribution is 2.50. The van der Waals surface area contributed by atoms with Gasteiger partial charge in [0, 0.05) is 0 Å². The minimum Gasteiger partial charge on any atom is -0.374 e. The maximum atomic E-state index is 5.94. The van der Waals surface area contributed by atoms with Crippen LogP contribution in [-0.2, 0) is 0 Å². The average molecular weight is 337 g/mol. The van der Waals surface area contributed by atoms with Crippen LogP contribution in [0.3, 0.4) is 0 Å². The smallest absolute Gasteiger partial charge is 0.201 e. The van der Waals surface area contributed by atoms with Crippen molar-refractivity contribution in [3.05, 3.63) is 91.0 Å². The van der Waals surface area contributed by atoms with E-state index >= 15 is 0 Å². The molecule has 0 aliphatic heterocycles. The van der Waals surface area contributed by atoms with Crippen molar-refractivity contribution in [3.63, 3.8) is 0 Å². The molecule has 3 rings (SSSR count). The van der Waals surface area contributed by atoms with Gasteiger partial charge in [-0.1, -0.05) is 54.6 Å². The molecule has 0 unspecified atom stereocenters. The van der Waals surface area contributed by atoms with Crippen LogP contribution in [0.5, 0.6) is 0 Å². The predicted molar refractivity (Wildman–Crippen MR) is 105 cm³/mol. The van der Waals surface area contributed by atoms with Gasteiger partial charge < -0.3 is 5.73 Å². The van der Waals surface area contributed by atoms with Crippen LogP contribution < -0.4 is 26.7 Å². The third-order valence-electron chi connectivity index (χ3n) is 3.71. The van der Waals surface area contributed by atoms with E-state index in [1.54, 1.807) is 0 Å². The second-order valence-corrected chi connectivity index (χ2v) is 8.71. The van der Waals surface area contributed by atoms with Gasteiger partial charge in [-0.25, -0.2) is 5.09 Å². The maximum absolute atomic E-state index is 5.94. The van der Waals surface area contributed by atoms with Crippen molar-refractivity contribution in [1.82, 2.24) is 5.09 Å². The third kappa shape index (κ3) is 3.12. The van der Waals surface area contributed by atoms with E-state index in [1.165, 1.54) is 15.9 Å². The Morgan fingerprint density at radius 2 is 0.957 bits per heavy atom. The van der Waals surface area contributed by atoms with Gasteiger partial charge in [-0.2, -0.15) is 0 Å². The molecule has 0 aliphatic carbocycles. The number of thiocarbonyl (C=S) groups is 1. The molecule has 0 heterocycles. The summed E-state index contributed by atoms with van der Waals surface area (Å²) in [4.78, 5) is 0. The number of benzene rings is 3. The summed E-state index contributed by atoms with van der Waals surface area (Å²) in [5.74, 6) is 0. The van der Waals surface area contributed by atoms with Crippen LogP contribution in [0.1, 0.15) is 0 Å². The van der Waals surface area contributed by atoms with Crippen molar-refractivity contribution in [3.8, 4) is 0 Å². The van der Waals surface area contributed by atoms with E-state index in [1.807, 2.05) is 18.2 Å². The quantitative estimate of drug-likeness (QED) is 0.568. The zero-order valence-electron chi connectivity index (χ0n) is 12.6. The molecule has 0 amide bonds. The molecule has 4 heteroatoms. The Bertz CT molecular complexity index is 680. The van der Waals surface area contributed by atoms with Crippen LogP contribution in [0, 0.1) is 0 Å². The minimum atomic E-state index is -2.13. The van der Waals surface area contributed by atoms with E-state index in [4.69, 9.17) is 18.0 Å². The molecule has 3 aromatic rings. The summed E-state index contributed by atoms with van der Waals surface area (Å²) in [6.45, 7) is 0. The Morgan fingerprint density at radius 3 is 1.22 bits per heavy atom. The molecule has 0 radical (unpaired) electrons. The van der Waals surface area contributed by atoms with Crippen LogP contribution in [0.4, 0.5) is 0 Å². The van der Waals surface area contributed by atoms with Crippen LogP contribution in [0.15, 0.2) is 91.0 Å². The Hall–Kier alpha value is -2.22. The van der Waals surface area contributed by atoms with Crippen molar-refractivity contribution < 1.29 is 0 Å². The predicted octanol–water partition coefficient (Wildman–Crippen LogP) is 2.73. The zero-order valence-corrected chi connectivity index (χ0v) is 14.3. The molecule has 0 bridgehead atoms. The SMILES string of the molecule is NC(=S)N[P+](c1ccccc1)(c1ccccc1)c1ccccc1. The summed E-state index contributed by atoms with van der Waals surface area (Å²) >= 11 is 5.24. The molecular formula is C19H18N2PS+. The van der Waals surface area contributed by atoms with Crippen molar-refractivity contribution in [2.24, 2.45) is 5.73 Å². The average Bonchev–Trinajstić information content (AvgIpc) is 2.62. The molecule has 0 spiro atoms. The van der Waals surface area contributed by atoms with Gasteiger partial charge in [-0.15, -0.1) is 0 Å². The summed E-state index contributed by atoms with van der Waals surface area (Å²) in [6, 6.07) is 31.2. The fourth-order valence-electron chi connectivity index (χ4n) is 2.76. The van der Waals surface area contributed by atoms with Gasteiger partial charge in [-0.3, -0.25) is 0 Å². The Kier molecular flexibility index (Phi) is 4.71. The van der Waals surface area contributed by atoms with Gasteiger partial charge in [0.15, 0.2) is 5.11 Å². The first-order chi connectivity index (χ1) is 11.2. The topological polar surface area (TPSA) is 38.0 Å². The number of hydrogen-bond acceptors (Lipinski definition) is 1. The van der Waals surface area contributed by atoms with E-state index in [0.717, 1.165) is 0 Å². The van der Waals surface area contributed by atoms with Crippen molar-refractivity contribution in [2.45, 2.75) is 0 Å². The molecule has 0 saturated heterocycles. The first-order valence-corrected chi connectivity index (χ1v) is 9.57. The van der Waals surface area contributed by atoms with Crippen molar-refractivity contribution >= 4 is 40.7 Å². The molecule has 2 nitrogen and oxygen atoms in total. The Balaban J connectivity index is 2.32. The lowest BCUT2D eigenvalue weighted by Gasteiger charge is -2.27. The molecular weight excluding hydrogens is 319 g/mol. The van der Waals surface area contributed by atoms with E-state index in [0.29, 0.717) is 5.11 Å². The van der Waals surface area contributed by atoms with E-state index < -0.39 is 7.41 Å². The largest absolute Gasteiger partial charge is 0.374 e. The minimum absolute atomic E-state index is 0.315. The summed E-state index contributed by atoms with van der Waals surface area (Å²) in [5.41, 5.74) is 5.94. The second kappa shape index (κ2) is 6.91. The summed E-state index contributed by atoms with van der Waals surface area (Å²) in [5, 5.41) is 7.38. The lowest BCUT2D eigenvalue weighted by Crippen LogP contribution is -2.44. The number of hydrogen-bond donors (Lipinski definition) is 2. The fourth-order valence-corrected chi connectivity index (χ4v) is 6.64. The first-order valence-electron chi connectivity index (χ1n) is 7.37. The summed E-state index contributed by atoms with van der Waals surface area (Å²) in [6.07, 6.45) is 0. The fraction of sp³-hybridized carbons (Fsp3) is 0. The molecule has 0 aliphatic rings. The van der Waals surface area contributed by atoms with Gasteiger partial charge in [0.1, 0.15) is 15.9 Å². The van der Waals surface area contributed by atoms with E-state index in [2.05, 4.69) is 77.9 Å². The van der Waals surface area contributed by atoms with Gasteiger partial charge in [-0.05, 0) is 48.6 Å². The maximum Gasteiger partial charge on any atom is 0.201 e. The number of nitrogens with one attached hydrogen (secondary N) is 1. The lowest BCUT2D eigenvalue weighted by molar-refractivity contribution is 1.45. The first kappa shape index (κ1) is 15.7. The molecule has 3 N–H and O–H groups in total. The van der Waals surface area contributed by atoms with Gasteiger partial charge in [0.2, 0.25) is 7.41 Å². The zero-order chi connectivity index (χ0) is 16.1. The standard InChI is InChI=1S/C19H17N2PS/c20-19(23)21-22(16-10-4-1-5-11-16,17-12-6-2-7-13-17)18-14-8-3-9-15-18/h1-15H,(H2-,20,21,23)/p+1. The van der Waals surface area contributed by atoms with Crippen LogP contribution in [-0.4, -0.2) is 5.11 Å². The molecule has 0 aromatic heterocycles. The third-order valence-corrected chi connectivity index (χ3v) is 7.76. The van der Waals surface area contributed by atoms with Crippen molar-refractivity contribution in [2.75, 3.05) is 0 Å². The molecule has 0 fully saturated rings. The Morgan fingerprint density at radius 1 is 0.652 bits per heavy atom. The van der Waals surface area contributed by atoms with E-state index in [-0.39, 0.29) is 0 Å². The molecule has 3 aromatic carbocycles. The summed E-state index contributed by atoms with van der Waals surface area (Å²) in [7, 11) is -2.13. The monoisotopic (exact) mass is 337 g/mol. The van der Waals surface area contributed by atoms with Crippen molar-refractivity contribution in [1.29, 1.82) is 0 Å². The van der Waals surface area contributed by atoms with Crippen LogP contribution >= 0.6 is 19.6 Å². The van der Waals surface area contributed by atoms with E-state index in [9.17, 15) is 0 Å². The highest BCUT2D eigenvalue weighted by Gasteiger charge is 2.46. The highest BCUT2D eigenvalue weighted by atomic mass is 32.1.